The van der Waals surface area contributed by atoms with E-state index in [2.05, 4.69) is 5.32 Å². The highest BCUT2D eigenvalue weighted by Crippen LogP contribution is 2.35. The van der Waals surface area contributed by atoms with Crippen LogP contribution in [-0.2, 0) is 9.53 Å². The predicted octanol–water partition coefficient (Wildman–Crippen LogP) is 3.74. The maximum atomic E-state index is 12.4. The van der Waals surface area contributed by atoms with E-state index in [1.165, 1.54) is 6.92 Å². The number of rotatable bonds is 4. The Bertz CT molecular complexity index is 1010. The summed E-state index contributed by atoms with van der Waals surface area (Å²) in [6.07, 6.45) is -1.09. The van der Waals surface area contributed by atoms with Crippen molar-refractivity contribution in [2.24, 2.45) is 0 Å². The van der Waals surface area contributed by atoms with E-state index in [1.54, 1.807) is 36.4 Å². The molecule has 0 heterocycles. The molecular formula is C21H19NO5. The van der Waals surface area contributed by atoms with Crippen LogP contribution < -0.4 is 5.32 Å². The summed E-state index contributed by atoms with van der Waals surface area (Å²) >= 11 is 0. The summed E-state index contributed by atoms with van der Waals surface area (Å²) in [5.74, 6) is -1.87. The highest BCUT2D eigenvalue weighted by Gasteiger charge is 2.23. The molecule has 0 saturated heterocycles. The van der Waals surface area contributed by atoms with Crippen molar-refractivity contribution in [1.29, 1.82) is 0 Å². The number of phenols is 2. The number of aryl methyl sites for hydroxylation is 1. The van der Waals surface area contributed by atoms with E-state index in [4.69, 9.17) is 4.74 Å². The van der Waals surface area contributed by atoms with Crippen molar-refractivity contribution >= 4 is 28.3 Å². The van der Waals surface area contributed by atoms with Crippen molar-refractivity contribution < 1.29 is 24.5 Å². The summed E-state index contributed by atoms with van der Waals surface area (Å²) in [6, 6.07) is 14.9. The Morgan fingerprint density at radius 1 is 1.00 bits per heavy atom. The molecule has 0 aliphatic rings. The lowest BCUT2D eigenvalue weighted by atomic mass is 10.0. The molecule has 0 aliphatic heterocycles. The van der Waals surface area contributed by atoms with Gasteiger partial charge in [-0.3, -0.25) is 4.79 Å². The van der Waals surface area contributed by atoms with Crippen molar-refractivity contribution in [2.45, 2.75) is 20.0 Å². The lowest BCUT2D eigenvalue weighted by Crippen LogP contribution is -2.30. The Morgan fingerprint density at radius 3 is 2.30 bits per heavy atom. The first-order chi connectivity index (χ1) is 12.9. The fourth-order valence-electron chi connectivity index (χ4n) is 2.65. The minimum atomic E-state index is -1.09. The van der Waals surface area contributed by atoms with E-state index in [1.807, 2.05) is 19.1 Å². The van der Waals surface area contributed by atoms with Crippen LogP contribution in [0.4, 0.5) is 5.69 Å². The maximum absolute atomic E-state index is 12.4. The summed E-state index contributed by atoms with van der Waals surface area (Å²) in [5.41, 5.74) is 1.43. The number of anilines is 1. The van der Waals surface area contributed by atoms with E-state index in [-0.39, 0.29) is 17.1 Å². The third-order valence-corrected chi connectivity index (χ3v) is 4.19. The number of carbonyl (C=O) groups is 2. The summed E-state index contributed by atoms with van der Waals surface area (Å²) in [4.78, 5) is 24.6. The Labute approximate surface area is 156 Å². The van der Waals surface area contributed by atoms with Gasteiger partial charge >= 0.3 is 5.97 Å². The predicted molar refractivity (Wildman–Crippen MR) is 102 cm³/mol. The molecule has 0 radical (unpaired) electrons. The van der Waals surface area contributed by atoms with E-state index in [0.717, 1.165) is 11.6 Å². The fourth-order valence-corrected chi connectivity index (χ4v) is 2.65. The van der Waals surface area contributed by atoms with Crippen LogP contribution in [0.2, 0.25) is 0 Å². The van der Waals surface area contributed by atoms with Gasteiger partial charge in [-0.1, -0.05) is 42.0 Å². The summed E-state index contributed by atoms with van der Waals surface area (Å²) < 4.78 is 5.16. The quantitative estimate of drug-likeness (QED) is 0.483. The number of nitrogens with one attached hydrogen (secondary N) is 1. The third kappa shape index (κ3) is 3.84. The molecule has 3 rings (SSSR count). The lowest BCUT2D eigenvalue weighted by Gasteiger charge is -2.15. The summed E-state index contributed by atoms with van der Waals surface area (Å²) in [7, 11) is 0. The number of ether oxygens (including phenoxy) is 1. The molecule has 1 atom stereocenters. The topological polar surface area (TPSA) is 95.9 Å². The minimum Gasteiger partial charge on any atom is -0.507 e. The van der Waals surface area contributed by atoms with Crippen molar-refractivity contribution in [1.82, 2.24) is 0 Å². The molecule has 27 heavy (non-hydrogen) atoms. The molecule has 6 nitrogen and oxygen atoms in total. The molecular weight excluding hydrogens is 346 g/mol. The molecule has 3 aromatic rings. The van der Waals surface area contributed by atoms with Gasteiger partial charge in [-0.25, -0.2) is 4.79 Å². The largest absolute Gasteiger partial charge is 0.507 e. The fraction of sp³-hybridized carbons (Fsp3) is 0.143. The molecule has 0 aliphatic carbocycles. The van der Waals surface area contributed by atoms with Crippen LogP contribution in [0.25, 0.3) is 10.8 Å². The van der Waals surface area contributed by atoms with Crippen molar-refractivity contribution in [3.05, 3.63) is 65.7 Å². The average Bonchev–Trinajstić information content (AvgIpc) is 2.66. The van der Waals surface area contributed by atoms with Gasteiger partial charge in [0.15, 0.2) is 6.10 Å². The average molecular weight is 365 g/mol. The normalized spacial score (nSPS) is 11.8. The van der Waals surface area contributed by atoms with Crippen LogP contribution in [0.1, 0.15) is 22.8 Å². The molecule has 0 bridgehead atoms. The second-order valence-electron chi connectivity index (χ2n) is 6.24. The van der Waals surface area contributed by atoms with Gasteiger partial charge in [-0.05, 0) is 32.0 Å². The molecule has 0 unspecified atom stereocenters. The third-order valence-electron chi connectivity index (χ3n) is 4.19. The van der Waals surface area contributed by atoms with Crippen molar-refractivity contribution in [2.75, 3.05) is 5.32 Å². The molecule has 3 N–H and O–H groups in total. The van der Waals surface area contributed by atoms with Gasteiger partial charge in [-0.15, -0.1) is 0 Å². The highest BCUT2D eigenvalue weighted by molar-refractivity contribution is 6.04. The monoisotopic (exact) mass is 365 g/mol. The number of aromatic hydroxyl groups is 2. The number of hydrogen-bond donors (Lipinski definition) is 3. The number of fused-ring (bicyclic) bond motifs is 1. The van der Waals surface area contributed by atoms with Gasteiger partial charge in [-0.2, -0.15) is 0 Å². The zero-order chi connectivity index (χ0) is 19.6. The second kappa shape index (κ2) is 7.37. The second-order valence-corrected chi connectivity index (χ2v) is 6.24. The standard InChI is InChI=1S/C21H19NO5/c1-12-7-9-14(10-8-12)22-20(25)13(2)27-21(26)17-11-18(23)15-5-3-4-6-16(15)19(17)24/h3-11,13,23-24H,1-2H3,(H,22,25)/t13-/m0/s1. The molecule has 0 saturated carbocycles. The summed E-state index contributed by atoms with van der Waals surface area (Å²) in [6.45, 7) is 3.36. The first-order valence-electron chi connectivity index (χ1n) is 8.39. The van der Waals surface area contributed by atoms with Gasteiger partial charge < -0.3 is 20.3 Å². The Morgan fingerprint density at radius 2 is 1.63 bits per heavy atom. The van der Waals surface area contributed by atoms with Crippen LogP contribution in [0, 0.1) is 6.92 Å². The minimum absolute atomic E-state index is 0.160. The molecule has 6 heteroatoms. The van der Waals surface area contributed by atoms with Crippen LogP contribution in [0.5, 0.6) is 11.5 Å². The first kappa shape index (κ1) is 18.3. The molecule has 0 spiro atoms. The number of carbonyl (C=O) groups excluding carboxylic acids is 2. The Kier molecular flexibility index (Phi) is 4.98. The van der Waals surface area contributed by atoms with Crippen LogP contribution in [-0.4, -0.2) is 28.2 Å². The zero-order valence-corrected chi connectivity index (χ0v) is 14.9. The first-order valence-corrected chi connectivity index (χ1v) is 8.39. The van der Waals surface area contributed by atoms with Crippen LogP contribution in [0.15, 0.2) is 54.6 Å². The summed E-state index contributed by atoms with van der Waals surface area (Å²) in [5, 5.41) is 23.8. The van der Waals surface area contributed by atoms with E-state index < -0.39 is 18.0 Å². The highest BCUT2D eigenvalue weighted by atomic mass is 16.5. The van der Waals surface area contributed by atoms with E-state index in [9.17, 15) is 19.8 Å². The molecule has 0 fully saturated rings. The smallest absolute Gasteiger partial charge is 0.342 e. The number of amides is 1. The van der Waals surface area contributed by atoms with Gasteiger partial charge in [0, 0.05) is 16.5 Å². The van der Waals surface area contributed by atoms with E-state index >= 15 is 0 Å². The maximum Gasteiger partial charge on any atom is 0.342 e. The van der Waals surface area contributed by atoms with Gasteiger partial charge in [0.25, 0.3) is 5.91 Å². The number of phenolic OH excluding ortho intramolecular Hbond substituents is 2. The van der Waals surface area contributed by atoms with Gasteiger partial charge in [0.05, 0.1) is 0 Å². The molecule has 0 aromatic heterocycles. The van der Waals surface area contributed by atoms with Crippen molar-refractivity contribution in [3.8, 4) is 11.5 Å². The van der Waals surface area contributed by atoms with Gasteiger partial charge in [0.1, 0.15) is 17.1 Å². The lowest BCUT2D eigenvalue weighted by molar-refractivity contribution is -0.123. The Hall–Kier alpha value is -3.54. The molecule has 138 valence electrons. The zero-order valence-electron chi connectivity index (χ0n) is 14.9. The number of hydrogen-bond acceptors (Lipinski definition) is 5. The van der Waals surface area contributed by atoms with Crippen LogP contribution in [0.3, 0.4) is 0 Å². The molecule has 3 aromatic carbocycles. The van der Waals surface area contributed by atoms with Crippen LogP contribution >= 0.6 is 0 Å². The SMILES string of the molecule is Cc1ccc(NC(=O)[C@H](C)OC(=O)c2cc(O)c3ccccc3c2O)cc1. The number of esters is 1. The van der Waals surface area contributed by atoms with Crippen molar-refractivity contribution in [3.63, 3.8) is 0 Å². The Balaban J connectivity index is 1.76. The van der Waals surface area contributed by atoms with E-state index in [0.29, 0.717) is 16.5 Å². The number of benzene rings is 3. The molecule has 1 amide bonds. The van der Waals surface area contributed by atoms with Gasteiger partial charge in [0.2, 0.25) is 0 Å².